The molecule has 1 heterocycles. The lowest BCUT2D eigenvalue weighted by atomic mass is 10.0. The number of hydrogen-bond acceptors (Lipinski definition) is 2. The highest BCUT2D eigenvalue weighted by molar-refractivity contribution is 5.20. The van der Waals surface area contributed by atoms with E-state index in [1.165, 1.54) is 4.90 Å². The third-order valence-corrected chi connectivity index (χ3v) is 3.18. The average Bonchev–Trinajstić information content (AvgIpc) is 2.28. The third kappa shape index (κ3) is 3.46. The zero-order valence-corrected chi connectivity index (χ0v) is 10.2. The summed E-state index contributed by atoms with van der Waals surface area (Å²) in [6.07, 6.45) is -4.15. The zero-order chi connectivity index (χ0) is 13.2. The first-order valence-electron chi connectivity index (χ1n) is 6.05. The van der Waals surface area contributed by atoms with Gasteiger partial charge in [0.15, 0.2) is 0 Å². The molecule has 0 radical (unpaired) electrons. The molecule has 1 aromatic rings. The molecule has 0 saturated carbocycles. The monoisotopic (exact) mass is 258 g/mol. The van der Waals surface area contributed by atoms with Crippen molar-refractivity contribution < 1.29 is 13.2 Å². The van der Waals surface area contributed by atoms with Gasteiger partial charge in [-0.3, -0.25) is 4.90 Å². The fourth-order valence-corrected chi connectivity index (χ4v) is 2.39. The summed E-state index contributed by atoms with van der Waals surface area (Å²) in [5.74, 6) is 0. The quantitative estimate of drug-likeness (QED) is 0.877. The highest BCUT2D eigenvalue weighted by Crippen LogP contribution is 2.27. The van der Waals surface area contributed by atoms with Gasteiger partial charge in [0.25, 0.3) is 0 Å². The fraction of sp³-hybridized carbons (Fsp3) is 0.538. The van der Waals surface area contributed by atoms with Crippen LogP contribution in [0.5, 0.6) is 0 Å². The molecule has 1 aliphatic rings. The molecular formula is C13H17F3N2. The maximum atomic E-state index is 12.6. The maximum Gasteiger partial charge on any atom is 0.401 e. The molecular weight excluding hydrogens is 241 g/mol. The molecule has 0 aliphatic carbocycles. The van der Waals surface area contributed by atoms with Gasteiger partial charge in [-0.25, -0.2) is 0 Å². The van der Waals surface area contributed by atoms with Crippen LogP contribution in [0.1, 0.15) is 18.5 Å². The van der Waals surface area contributed by atoms with Crippen molar-refractivity contribution in [1.29, 1.82) is 0 Å². The predicted molar refractivity (Wildman–Crippen MR) is 64.3 cm³/mol. The van der Waals surface area contributed by atoms with E-state index < -0.39 is 12.7 Å². The van der Waals surface area contributed by atoms with Crippen LogP contribution in [0.15, 0.2) is 30.3 Å². The lowest BCUT2D eigenvalue weighted by Crippen LogP contribution is -2.53. The molecule has 1 saturated heterocycles. The number of benzene rings is 1. The molecule has 2 unspecified atom stereocenters. The number of nitrogens with zero attached hydrogens (tertiary/aromatic N) is 1. The molecule has 2 rings (SSSR count). The summed E-state index contributed by atoms with van der Waals surface area (Å²) in [5, 5.41) is 3.24. The highest BCUT2D eigenvalue weighted by atomic mass is 19.4. The van der Waals surface area contributed by atoms with Crippen molar-refractivity contribution >= 4 is 0 Å². The van der Waals surface area contributed by atoms with Gasteiger partial charge in [-0.15, -0.1) is 0 Å². The van der Waals surface area contributed by atoms with Gasteiger partial charge in [-0.2, -0.15) is 13.2 Å². The Labute approximate surface area is 105 Å². The summed E-state index contributed by atoms with van der Waals surface area (Å²) >= 11 is 0. The van der Waals surface area contributed by atoms with Crippen molar-refractivity contribution in [3.05, 3.63) is 35.9 Å². The standard InChI is InChI=1S/C13H17F3N2/c1-10-8-18(9-13(14,15)16)12(7-17-10)11-5-3-2-4-6-11/h2-6,10,12,17H,7-9H2,1H3. The number of rotatable bonds is 2. The Morgan fingerprint density at radius 2 is 1.94 bits per heavy atom. The summed E-state index contributed by atoms with van der Waals surface area (Å²) in [5.41, 5.74) is 0.932. The van der Waals surface area contributed by atoms with Crippen molar-refractivity contribution in [2.24, 2.45) is 0 Å². The number of hydrogen-bond donors (Lipinski definition) is 1. The van der Waals surface area contributed by atoms with Crippen molar-refractivity contribution in [2.45, 2.75) is 25.2 Å². The van der Waals surface area contributed by atoms with Crippen molar-refractivity contribution in [2.75, 3.05) is 19.6 Å². The first-order valence-corrected chi connectivity index (χ1v) is 6.05. The summed E-state index contributed by atoms with van der Waals surface area (Å²) in [4.78, 5) is 1.51. The molecule has 1 fully saturated rings. The smallest absolute Gasteiger partial charge is 0.311 e. The van der Waals surface area contributed by atoms with Crippen LogP contribution in [0.2, 0.25) is 0 Å². The number of halogens is 3. The Morgan fingerprint density at radius 3 is 2.56 bits per heavy atom. The molecule has 2 nitrogen and oxygen atoms in total. The Kier molecular flexibility index (Phi) is 3.92. The molecule has 1 N–H and O–H groups in total. The molecule has 0 spiro atoms. The Balaban J connectivity index is 2.16. The van der Waals surface area contributed by atoms with Crippen LogP contribution >= 0.6 is 0 Å². The lowest BCUT2D eigenvalue weighted by molar-refractivity contribution is -0.154. The van der Waals surface area contributed by atoms with Gasteiger partial charge >= 0.3 is 6.18 Å². The molecule has 0 bridgehead atoms. The Morgan fingerprint density at radius 1 is 1.28 bits per heavy atom. The number of nitrogens with one attached hydrogen (secondary N) is 1. The van der Waals surface area contributed by atoms with Gasteiger partial charge < -0.3 is 5.32 Å². The second-order valence-electron chi connectivity index (χ2n) is 4.78. The van der Waals surface area contributed by atoms with Gasteiger partial charge in [0, 0.05) is 25.2 Å². The van der Waals surface area contributed by atoms with E-state index in [9.17, 15) is 13.2 Å². The van der Waals surface area contributed by atoms with E-state index in [4.69, 9.17) is 0 Å². The third-order valence-electron chi connectivity index (χ3n) is 3.18. The van der Waals surface area contributed by atoms with E-state index >= 15 is 0 Å². The second kappa shape index (κ2) is 5.28. The van der Waals surface area contributed by atoms with Gasteiger partial charge in [-0.1, -0.05) is 30.3 Å². The molecule has 18 heavy (non-hydrogen) atoms. The average molecular weight is 258 g/mol. The van der Waals surface area contributed by atoms with Crippen molar-refractivity contribution in [3.8, 4) is 0 Å². The molecule has 0 aromatic heterocycles. The van der Waals surface area contributed by atoms with E-state index in [1.807, 2.05) is 37.3 Å². The second-order valence-corrected chi connectivity index (χ2v) is 4.78. The van der Waals surface area contributed by atoms with Crippen LogP contribution in [0.3, 0.4) is 0 Å². The minimum atomic E-state index is -4.15. The highest BCUT2D eigenvalue weighted by Gasteiger charge is 2.36. The minimum Gasteiger partial charge on any atom is -0.311 e. The molecule has 100 valence electrons. The van der Waals surface area contributed by atoms with E-state index in [0.29, 0.717) is 13.1 Å². The van der Waals surface area contributed by atoms with Crippen LogP contribution < -0.4 is 5.32 Å². The van der Waals surface area contributed by atoms with E-state index in [0.717, 1.165) is 5.56 Å². The SMILES string of the molecule is CC1CN(CC(F)(F)F)C(c2ccccc2)CN1. The van der Waals surface area contributed by atoms with E-state index in [-0.39, 0.29) is 12.1 Å². The Bertz CT molecular complexity index is 378. The predicted octanol–water partition coefficient (Wildman–Crippen LogP) is 2.58. The van der Waals surface area contributed by atoms with Crippen LogP contribution in [-0.4, -0.2) is 36.8 Å². The van der Waals surface area contributed by atoms with Crippen molar-refractivity contribution in [1.82, 2.24) is 10.2 Å². The minimum absolute atomic E-state index is 0.0901. The number of piperazine rings is 1. The number of alkyl halides is 3. The molecule has 5 heteroatoms. The fourth-order valence-electron chi connectivity index (χ4n) is 2.39. The summed E-state index contributed by atoms with van der Waals surface area (Å²) in [6.45, 7) is 2.03. The lowest BCUT2D eigenvalue weighted by Gasteiger charge is -2.39. The van der Waals surface area contributed by atoms with Gasteiger partial charge in [-0.05, 0) is 12.5 Å². The topological polar surface area (TPSA) is 15.3 Å². The van der Waals surface area contributed by atoms with Crippen LogP contribution in [0, 0.1) is 0 Å². The van der Waals surface area contributed by atoms with Crippen molar-refractivity contribution in [3.63, 3.8) is 0 Å². The summed E-state index contributed by atoms with van der Waals surface area (Å²) < 4.78 is 37.8. The first kappa shape index (κ1) is 13.4. The largest absolute Gasteiger partial charge is 0.401 e. The van der Waals surface area contributed by atoms with Gasteiger partial charge in [0.1, 0.15) is 0 Å². The van der Waals surface area contributed by atoms with Crippen LogP contribution in [0.4, 0.5) is 13.2 Å². The molecule has 0 amide bonds. The van der Waals surface area contributed by atoms with Crippen LogP contribution in [-0.2, 0) is 0 Å². The molecule has 2 atom stereocenters. The molecule has 1 aromatic carbocycles. The van der Waals surface area contributed by atoms with E-state index in [1.54, 1.807) is 0 Å². The maximum absolute atomic E-state index is 12.6. The first-order chi connectivity index (χ1) is 8.46. The summed E-state index contributed by atoms with van der Waals surface area (Å²) in [7, 11) is 0. The normalized spacial score (nSPS) is 26.2. The van der Waals surface area contributed by atoms with E-state index in [2.05, 4.69) is 5.32 Å². The molecule has 1 aliphatic heterocycles. The van der Waals surface area contributed by atoms with Crippen LogP contribution in [0.25, 0.3) is 0 Å². The van der Waals surface area contributed by atoms with Gasteiger partial charge in [0.05, 0.1) is 6.54 Å². The Hall–Kier alpha value is -1.07. The zero-order valence-electron chi connectivity index (χ0n) is 10.2. The summed E-state index contributed by atoms with van der Waals surface area (Å²) in [6, 6.07) is 9.24. The van der Waals surface area contributed by atoms with Gasteiger partial charge in [0.2, 0.25) is 0 Å².